The highest BCUT2D eigenvalue weighted by Crippen LogP contribution is 2.29. The van der Waals surface area contributed by atoms with Gasteiger partial charge in [-0.2, -0.15) is 0 Å². The fourth-order valence-corrected chi connectivity index (χ4v) is 4.98. The average molecular weight is 467 g/mol. The SMILES string of the molecule is CC(=O)[C@@H]1CCCCC[C@@H](C(=O)OCCOCCOC(=O)[C@H]2CCCCC[C@H](C(C)=O)C2)C1. The number of ether oxygens (including phenoxy) is 3. The van der Waals surface area contributed by atoms with Gasteiger partial charge in [0.1, 0.15) is 24.8 Å². The van der Waals surface area contributed by atoms with Crippen molar-refractivity contribution in [2.45, 2.75) is 90.9 Å². The van der Waals surface area contributed by atoms with Crippen LogP contribution in [0.5, 0.6) is 0 Å². The molecule has 7 nitrogen and oxygen atoms in total. The van der Waals surface area contributed by atoms with E-state index in [0.717, 1.165) is 64.2 Å². The second-order valence-corrected chi connectivity index (χ2v) is 9.70. The Morgan fingerprint density at radius 2 is 0.909 bits per heavy atom. The van der Waals surface area contributed by atoms with Gasteiger partial charge in [0.15, 0.2) is 0 Å². The van der Waals surface area contributed by atoms with Gasteiger partial charge in [-0.3, -0.25) is 19.2 Å². The van der Waals surface area contributed by atoms with E-state index in [1.165, 1.54) is 0 Å². The van der Waals surface area contributed by atoms with Crippen molar-refractivity contribution in [1.82, 2.24) is 0 Å². The molecule has 7 heteroatoms. The highest BCUT2D eigenvalue weighted by Gasteiger charge is 2.29. The minimum atomic E-state index is -0.248. The third-order valence-electron chi connectivity index (χ3n) is 7.11. The van der Waals surface area contributed by atoms with E-state index in [-0.39, 0.29) is 73.6 Å². The Hall–Kier alpha value is -1.76. The molecule has 0 spiro atoms. The lowest BCUT2D eigenvalue weighted by atomic mass is 9.82. The summed E-state index contributed by atoms with van der Waals surface area (Å²) < 4.78 is 16.2. The molecule has 0 aromatic carbocycles. The van der Waals surface area contributed by atoms with Crippen LogP contribution in [0, 0.1) is 23.7 Å². The summed E-state index contributed by atoms with van der Waals surface area (Å²) >= 11 is 0. The first-order valence-corrected chi connectivity index (χ1v) is 12.8. The van der Waals surface area contributed by atoms with Gasteiger partial charge in [-0.15, -0.1) is 0 Å². The third kappa shape index (κ3) is 10.4. The van der Waals surface area contributed by atoms with E-state index in [4.69, 9.17) is 14.2 Å². The van der Waals surface area contributed by atoms with Gasteiger partial charge in [0.2, 0.25) is 0 Å². The predicted molar refractivity (Wildman–Crippen MR) is 123 cm³/mol. The maximum Gasteiger partial charge on any atom is 0.309 e. The molecule has 0 N–H and O–H groups in total. The van der Waals surface area contributed by atoms with Crippen LogP contribution in [-0.2, 0) is 33.4 Å². The standard InChI is InChI=1S/C26H42O7/c1-19(27)21-9-5-3-7-11-23(17-21)25(29)32-15-13-31-14-16-33-26(30)24-12-8-4-6-10-22(18-24)20(2)28/h21-24H,3-18H2,1-2H3/t21-,22+,23-,24+. The normalized spacial score (nSPS) is 26.7. The maximum absolute atomic E-state index is 12.4. The minimum Gasteiger partial charge on any atom is -0.463 e. The first-order chi connectivity index (χ1) is 15.9. The number of hydrogen-bond acceptors (Lipinski definition) is 7. The molecule has 2 aliphatic rings. The molecule has 33 heavy (non-hydrogen) atoms. The number of carbonyl (C=O) groups excluding carboxylic acids is 4. The monoisotopic (exact) mass is 466 g/mol. The molecule has 0 bridgehead atoms. The van der Waals surface area contributed by atoms with Crippen molar-refractivity contribution in [3.8, 4) is 0 Å². The van der Waals surface area contributed by atoms with Crippen LogP contribution < -0.4 is 0 Å². The minimum absolute atomic E-state index is 0.0441. The first kappa shape index (κ1) is 27.5. The summed E-state index contributed by atoms with van der Waals surface area (Å²) in [5.41, 5.74) is 0. The molecular formula is C26H42O7. The lowest BCUT2D eigenvalue weighted by molar-refractivity contribution is -0.152. The summed E-state index contributed by atoms with van der Waals surface area (Å²) in [4.78, 5) is 48.5. The number of esters is 2. The zero-order valence-electron chi connectivity index (χ0n) is 20.5. The molecule has 0 radical (unpaired) electrons. The molecular weight excluding hydrogens is 424 g/mol. The van der Waals surface area contributed by atoms with Crippen LogP contribution in [0.15, 0.2) is 0 Å². The molecule has 0 heterocycles. The fourth-order valence-electron chi connectivity index (χ4n) is 4.98. The van der Waals surface area contributed by atoms with Crippen LogP contribution in [0.1, 0.15) is 90.9 Å². The molecule has 0 aromatic rings. The molecule has 2 fully saturated rings. The second-order valence-electron chi connectivity index (χ2n) is 9.70. The Balaban J connectivity index is 1.60. The Morgan fingerprint density at radius 3 is 1.27 bits per heavy atom. The van der Waals surface area contributed by atoms with Crippen molar-refractivity contribution in [2.24, 2.45) is 23.7 Å². The summed E-state index contributed by atoms with van der Waals surface area (Å²) in [5.74, 6) is -0.710. The van der Waals surface area contributed by atoms with E-state index in [1.54, 1.807) is 13.8 Å². The Kier molecular flexibility index (Phi) is 12.7. The van der Waals surface area contributed by atoms with Gasteiger partial charge >= 0.3 is 11.9 Å². The van der Waals surface area contributed by atoms with Crippen LogP contribution in [-0.4, -0.2) is 49.9 Å². The third-order valence-corrected chi connectivity index (χ3v) is 7.11. The van der Waals surface area contributed by atoms with Crippen LogP contribution >= 0.6 is 0 Å². The van der Waals surface area contributed by atoms with E-state index in [9.17, 15) is 19.2 Å². The smallest absolute Gasteiger partial charge is 0.309 e. The molecule has 0 aromatic heterocycles. The van der Waals surface area contributed by atoms with Crippen molar-refractivity contribution in [2.75, 3.05) is 26.4 Å². The van der Waals surface area contributed by atoms with E-state index in [0.29, 0.717) is 12.8 Å². The number of Topliss-reactive ketones (excluding diaryl/α,β-unsaturated/α-hetero) is 2. The molecule has 2 rings (SSSR count). The maximum atomic E-state index is 12.4. The quantitative estimate of drug-likeness (QED) is 0.347. The number of hydrogen-bond donors (Lipinski definition) is 0. The fraction of sp³-hybridized carbons (Fsp3) is 0.846. The summed E-state index contributed by atoms with van der Waals surface area (Å²) in [5, 5.41) is 0. The van der Waals surface area contributed by atoms with Crippen LogP contribution in [0.3, 0.4) is 0 Å². The highest BCUT2D eigenvalue weighted by atomic mass is 16.6. The molecule has 0 saturated heterocycles. The van der Waals surface area contributed by atoms with Gasteiger partial charge in [0.05, 0.1) is 25.0 Å². The van der Waals surface area contributed by atoms with Gasteiger partial charge < -0.3 is 14.2 Å². The number of carbonyl (C=O) groups is 4. The van der Waals surface area contributed by atoms with Gasteiger partial charge in [-0.05, 0) is 52.4 Å². The molecule has 0 aliphatic heterocycles. The van der Waals surface area contributed by atoms with Crippen molar-refractivity contribution >= 4 is 23.5 Å². The topological polar surface area (TPSA) is 96.0 Å². The predicted octanol–water partition coefficient (Wildman–Crippen LogP) is 4.44. The van der Waals surface area contributed by atoms with Gasteiger partial charge in [0, 0.05) is 11.8 Å². The lowest BCUT2D eigenvalue weighted by Crippen LogP contribution is -2.27. The average Bonchev–Trinajstić information content (AvgIpc) is 2.72. The number of rotatable bonds is 10. The summed E-state index contributed by atoms with van der Waals surface area (Å²) in [6.07, 6.45) is 10.6. The van der Waals surface area contributed by atoms with Gasteiger partial charge in [0.25, 0.3) is 0 Å². The first-order valence-electron chi connectivity index (χ1n) is 12.8. The van der Waals surface area contributed by atoms with E-state index in [2.05, 4.69) is 0 Å². The zero-order chi connectivity index (χ0) is 24.1. The highest BCUT2D eigenvalue weighted by molar-refractivity contribution is 5.80. The van der Waals surface area contributed by atoms with Gasteiger partial charge in [-0.1, -0.05) is 38.5 Å². The lowest BCUT2D eigenvalue weighted by Gasteiger charge is -2.24. The van der Waals surface area contributed by atoms with Crippen LogP contribution in [0.4, 0.5) is 0 Å². The Morgan fingerprint density at radius 1 is 0.545 bits per heavy atom. The van der Waals surface area contributed by atoms with Crippen molar-refractivity contribution < 1.29 is 33.4 Å². The van der Waals surface area contributed by atoms with E-state index in [1.807, 2.05) is 0 Å². The van der Waals surface area contributed by atoms with E-state index >= 15 is 0 Å². The molecule has 2 saturated carbocycles. The molecule has 2 aliphatic carbocycles. The Labute approximate surface area is 198 Å². The Bertz CT molecular complexity index is 591. The van der Waals surface area contributed by atoms with E-state index < -0.39 is 0 Å². The largest absolute Gasteiger partial charge is 0.463 e. The van der Waals surface area contributed by atoms with Crippen LogP contribution in [0.2, 0.25) is 0 Å². The summed E-state index contributed by atoms with van der Waals surface area (Å²) in [6, 6.07) is 0. The molecule has 188 valence electrons. The van der Waals surface area contributed by atoms with Crippen molar-refractivity contribution in [3.63, 3.8) is 0 Å². The van der Waals surface area contributed by atoms with Crippen LogP contribution in [0.25, 0.3) is 0 Å². The second kappa shape index (κ2) is 15.2. The molecule has 0 unspecified atom stereocenters. The van der Waals surface area contributed by atoms with Gasteiger partial charge in [-0.25, -0.2) is 0 Å². The summed E-state index contributed by atoms with van der Waals surface area (Å²) in [7, 11) is 0. The van der Waals surface area contributed by atoms with Crippen molar-refractivity contribution in [1.29, 1.82) is 0 Å². The summed E-state index contributed by atoms with van der Waals surface area (Å²) in [6.45, 7) is 3.99. The zero-order valence-corrected chi connectivity index (χ0v) is 20.5. The molecule has 0 amide bonds. The molecule has 4 atom stereocenters. The number of ketones is 2. The van der Waals surface area contributed by atoms with Crippen molar-refractivity contribution in [3.05, 3.63) is 0 Å².